The largest absolute Gasteiger partial charge is 0.399 e. The Hall–Kier alpha value is -1.10. The van der Waals surface area contributed by atoms with Gasteiger partial charge in [0, 0.05) is 38.4 Å². The molecule has 0 radical (unpaired) electrons. The van der Waals surface area contributed by atoms with Gasteiger partial charge in [-0.1, -0.05) is 19.1 Å². The predicted octanol–water partition coefficient (Wildman–Crippen LogP) is 1.33. The molecule has 1 aromatic carbocycles. The molecule has 0 saturated carbocycles. The Kier molecular flexibility index (Phi) is 5.19. The van der Waals surface area contributed by atoms with Crippen LogP contribution in [0.1, 0.15) is 25.0 Å². The van der Waals surface area contributed by atoms with Crippen LogP contribution < -0.4 is 5.73 Å². The molecule has 1 heterocycles. The summed E-state index contributed by atoms with van der Waals surface area (Å²) in [5.41, 5.74) is 7.38. The number of likely N-dealkylation sites (N-methyl/N-ethyl adjacent to an activating group) is 1. The first-order chi connectivity index (χ1) is 9.19. The van der Waals surface area contributed by atoms with E-state index in [1.54, 1.807) is 0 Å². The summed E-state index contributed by atoms with van der Waals surface area (Å²) >= 11 is 0. The lowest BCUT2D eigenvalue weighted by Crippen LogP contribution is -2.46. The van der Waals surface area contributed by atoms with Gasteiger partial charge < -0.3 is 20.6 Å². The molecule has 0 spiro atoms. The number of aliphatic hydroxyl groups excluding tert-OH is 1. The van der Waals surface area contributed by atoms with Gasteiger partial charge >= 0.3 is 0 Å². The molecule has 1 fully saturated rings. The highest BCUT2D eigenvalue weighted by molar-refractivity contribution is 5.41. The molecule has 0 aliphatic carbocycles. The van der Waals surface area contributed by atoms with Gasteiger partial charge in [0.05, 0.1) is 6.10 Å². The second-order valence-electron chi connectivity index (χ2n) is 5.25. The third kappa shape index (κ3) is 4.20. The maximum absolute atomic E-state index is 10.2. The highest BCUT2D eigenvalue weighted by Gasteiger charge is 2.16. The highest BCUT2D eigenvalue weighted by Crippen LogP contribution is 2.19. The standard InChI is InChI=1S/C15H25N3O/c1-2-17-8-10-18(11-9-17)7-6-15(19)13-4-3-5-14(16)12-13/h3-5,12,15,19H,2,6-11,16H2,1H3. The first-order valence-electron chi connectivity index (χ1n) is 7.17. The Morgan fingerprint density at radius 2 is 1.89 bits per heavy atom. The minimum Gasteiger partial charge on any atom is -0.399 e. The van der Waals surface area contributed by atoms with Crippen molar-refractivity contribution in [3.63, 3.8) is 0 Å². The summed E-state index contributed by atoms with van der Waals surface area (Å²) < 4.78 is 0. The van der Waals surface area contributed by atoms with E-state index in [0.717, 1.165) is 51.3 Å². The number of nitrogens with two attached hydrogens (primary N) is 1. The first kappa shape index (κ1) is 14.3. The molecule has 19 heavy (non-hydrogen) atoms. The van der Waals surface area contributed by atoms with Crippen LogP contribution in [-0.4, -0.2) is 54.2 Å². The van der Waals surface area contributed by atoms with Gasteiger partial charge in [-0.2, -0.15) is 0 Å². The molecular formula is C15H25N3O. The summed E-state index contributed by atoms with van der Waals surface area (Å²) in [7, 11) is 0. The molecule has 4 nitrogen and oxygen atoms in total. The maximum atomic E-state index is 10.2. The molecular weight excluding hydrogens is 238 g/mol. The summed E-state index contributed by atoms with van der Waals surface area (Å²) in [5.74, 6) is 0. The second kappa shape index (κ2) is 6.89. The van der Waals surface area contributed by atoms with Gasteiger partial charge in [-0.05, 0) is 30.7 Å². The van der Waals surface area contributed by atoms with E-state index in [-0.39, 0.29) is 0 Å². The summed E-state index contributed by atoms with van der Waals surface area (Å²) in [5, 5.41) is 10.2. The number of rotatable bonds is 5. The molecule has 1 unspecified atom stereocenters. The van der Waals surface area contributed by atoms with Crippen molar-refractivity contribution in [3.8, 4) is 0 Å². The van der Waals surface area contributed by atoms with Crippen molar-refractivity contribution in [1.29, 1.82) is 0 Å². The average molecular weight is 263 g/mol. The number of anilines is 1. The minimum atomic E-state index is -0.410. The molecule has 1 atom stereocenters. The van der Waals surface area contributed by atoms with Gasteiger partial charge in [0.25, 0.3) is 0 Å². The molecule has 1 saturated heterocycles. The summed E-state index contributed by atoms with van der Waals surface area (Å²) in [6, 6.07) is 7.55. The average Bonchev–Trinajstić information content (AvgIpc) is 2.45. The van der Waals surface area contributed by atoms with Crippen LogP contribution in [0.3, 0.4) is 0 Å². The van der Waals surface area contributed by atoms with E-state index >= 15 is 0 Å². The molecule has 1 aliphatic rings. The lowest BCUT2D eigenvalue weighted by atomic mass is 10.1. The molecule has 1 aliphatic heterocycles. The summed E-state index contributed by atoms with van der Waals surface area (Å²) in [6.07, 6.45) is 0.364. The minimum absolute atomic E-state index is 0.410. The number of aliphatic hydroxyl groups is 1. The van der Waals surface area contributed by atoms with Crippen LogP contribution in [0.4, 0.5) is 5.69 Å². The third-order valence-electron chi connectivity index (χ3n) is 3.93. The van der Waals surface area contributed by atoms with E-state index in [1.165, 1.54) is 0 Å². The van der Waals surface area contributed by atoms with Crippen LogP contribution in [-0.2, 0) is 0 Å². The Balaban J connectivity index is 1.76. The molecule has 3 N–H and O–H groups in total. The fraction of sp³-hybridized carbons (Fsp3) is 0.600. The molecule has 0 aromatic heterocycles. The van der Waals surface area contributed by atoms with Crippen molar-refractivity contribution in [3.05, 3.63) is 29.8 Å². The van der Waals surface area contributed by atoms with Gasteiger partial charge in [0.15, 0.2) is 0 Å². The number of hydrogen-bond donors (Lipinski definition) is 2. The number of benzene rings is 1. The first-order valence-corrected chi connectivity index (χ1v) is 7.17. The van der Waals surface area contributed by atoms with Gasteiger partial charge in [-0.25, -0.2) is 0 Å². The fourth-order valence-corrected chi connectivity index (χ4v) is 2.57. The molecule has 0 bridgehead atoms. The number of nitrogens with zero attached hydrogens (tertiary/aromatic N) is 2. The molecule has 4 heteroatoms. The highest BCUT2D eigenvalue weighted by atomic mass is 16.3. The summed E-state index contributed by atoms with van der Waals surface area (Å²) in [4.78, 5) is 4.90. The second-order valence-corrected chi connectivity index (χ2v) is 5.25. The van der Waals surface area contributed by atoms with Crippen LogP contribution in [0.25, 0.3) is 0 Å². The lowest BCUT2D eigenvalue weighted by molar-refractivity contribution is 0.105. The van der Waals surface area contributed by atoms with Crippen molar-refractivity contribution in [2.75, 3.05) is 45.0 Å². The Morgan fingerprint density at radius 1 is 1.21 bits per heavy atom. The van der Waals surface area contributed by atoms with Gasteiger partial charge in [-0.15, -0.1) is 0 Å². The van der Waals surface area contributed by atoms with Crippen LogP contribution in [0.2, 0.25) is 0 Å². The number of hydrogen-bond acceptors (Lipinski definition) is 4. The Labute approximate surface area is 115 Å². The number of nitrogen functional groups attached to an aromatic ring is 1. The van der Waals surface area contributed by atoms with Crippen molar-refractivity contribution in [2.24, 2.45) is 0 Å². The van der Waals surface area contributed by atoms with E-state index < -0.39 is 6.10 Å². The monoisotopic (exact) mass is 263 g/mol. The zero-order valence-electron chi connectivity index (χ0n) is 11.8. The van der Waals surface area contributed by atoms with Crippen molar-refractivity contribution < 1.29 is 5.11 Å². The zero-order valence-corrected chi connectivity index (χ0v) is 11.8. The van der Waals surface area contributed by atoms with Crippen molar-refractivity contribution in [1.82, 2.24) is 9.80 Å². The quantitative estimate of drug-likeness (QED) is 0.787. The van der Waals surface area contributed by atoms with E-state index in [9.17, 15) is 5.11 Å². The Morgan fingerprint density at radius 3 is 2.53 bits per heavy atom. The van der Waals surface area contributed by atoms with Crippen molar-refractivity contribution in [2.45, 2.75) is 19.4 Å². The van der Waals surface area contributed by atoms with Crippen LogP contribution in [0, 0.1) is 0 Å². The van der Waals surface area contributed by atoms with Crippen LogP contribution in [0.15, 0.2) is 24.3 Å². The van der Waals surface area contributed by atoms with E-state index in [0.29, 0.717) is 5.69 Å². The Bertz CT molecular complexity index is 389. The third-order valence-corrected chi connectivity index (χ3v) is 3.93. The molecule has 2 rings (SSSR count). The lowest BCUT2D eigenvalue weighted by Gasteiger charge is -2.34. The van der Waals surface area contributed by atoms with E-state index in [2.05, 4.69) is 16.7 Å². The van der Waals surface area contributed by atoms with Crippen molar-refractivity contribution >= 4 is 5.69 Å². The summed E-state index contributed by atoms with van der Waals surface area (Å²) in [6.45, 7) is 8.80. The topological polar surface area (TPSA) is 52.7 Å². The van der Waals surface area contributed by atoms with Gasteiger partial charge in [-0.3, -0.25) is 0 Å². The van der Waals surface area contributed by atoms with Gasteiger partial charge in [0.1, 0.15) is 0 Å². The molecule has 0 amide bonds. The SMILES string of the molecule is CCN1CCN(CCC(O)c2cccc(N)c2)CC1. The normalized spacial score (nSPS) is 19.5. The maximum Gasteiger partial charge on any atom is 0.0803 e. The smallest absolute Gasteiger partial charge is 0.0803 e. The van der Waals surface area contributed by atoms with Crippen LogP contribution in [0.5, 0.6) is 0 Å². The zero-order chi connectivity index (χ0) is 13.7. The number of piperazine rings is 1. The van der Waals surface area contributed by atoms with Gasteiger partial charge in [0.2, 0.25) is 0 Å². The fourth-order valence-electron chi connectivity index (χ4n) is 2.57. The predicted molar refractivity (Wildman–Crippen MR) is 79.0 cm³/mol. The molecule has 106 valence electrons. The van der Waals surface area contributed by atoms with E-state index in [4.69, 9.17) is 5.73 Å². The molecule has 1 aromatic rings. The van der Waals surface area contributed by atoms with E-state index in [1.807, 2.05) is 24.3 Å². The van der Waals surface area contributed by atoms with Crippen LogP contribution >= 0.6 is 0 Å².